The molecule has 3 heteroatoms. The Morgan fingerprint density at radius 1 is 1.24 bits per heavy atom. The predicted molar refractivity (Wildman–Crippen MR) is 71.7 cm³/mol. The minimum Gasteiger partial charge on any atom is -0.494 e. The van der Waals surface area contributed by atoms with Crippen molar-refractivity contribution in [1.82, 2.24) is 0 Å². The molecular weight excluding hydrogens is 212 g/mol. The molecule has 0 radical (unpaired) electrons. The maximum absolute atomic E-state index is 7.34. The fourth-order valence-electron chi connectivity index (χ4n) is 1.65. The van der Waals surface area contributed by atoms with Crippen molar-refractivity contribution in [2.75, 3.05) is 6.61 Å². The molecule has 0 saturated carbocycles. The van der Waals surface area contributed by atoms with E-state index in [1.165, 1.54) is 25.7 Å². The number of hydrogen-bond acceptors (Lipinski definition) is 2. The van der Waals surface area contributed by atoms with Crippen molar-refractivity contribution >= 4 is 5.84 Å². The molecule has 3 N–H and O–H groups in total. The lowest BCUT2D eigenvalue weighted by Crippen LogP contribution is -2.11. The summed E-state index contributed by atoms with van der Waals surface area (Å²) in [5.74, 6) is 0.881. The van der Waals surface area contributed by atoms with Gasteiger partial charge in [0, 0.05) is 5.56 Å². The second kappa shape index (κ2) is 7.71. The number of nitrogen functional groups attached to an aromatic ring is 1. The highest BCUT2D eigenvalue weighted by molar-refractivity contribution is 5.95. The number of rotatable bonds is 8. The molecule has 1 rings (SSSR count). The van der Waals surface area contributed by atoms with Gasteiger partial charge in [-0.3, -0.25) is 5.41 Å². The first-order valence-electron chi connectivity index (χ1n) is 6.31. The quantitative estimate of drug-likeness (QED) is 0.412. The normalized spacial score (nSPS) is 10.2. The summed E-state index contributed by atoms with van der Waals surface area (Å²) in [5.41, 5.74) is 6.14. The van der Waals surface area contributed by atoms with Gasteiger partial charge in [0.05, 0.1) is 6.61 Å². The molecule has 0 unspecified atom stereocenters. The van der Waals surface area contributed by atoms with Crippen molar-refractivity contribution < 1.29 is 4.74 Å². The number of nitrogens with two attached hydrogens (primary N) is 1. The molecule has 0 heterocycles. The predicted octanol–water partition coefficient (Wildman–Crippen LogP) is 3.32. The molecule has 0 bridgehead atoms. The van der Waals surface area contributed by atoms with E-state index in [4.69, 9.17) is 15.9 Å². The Bertz CT molecular complexity index is 350. The lowest BCUT2D eigenvalue weighted by Gasteiger charge is -2.07. The molecule has 3 nitrogen and oxygen atoms in total. The minimum absolute atomic E-state index is 0.0818. The largest absolute Gasteiger partial charge is 0.494 e. The molecule has 0 aliphatic rings. The summed E-state index contributed by atoms with van der Waals surface area (Å²) < 4.78 is 5.62. The van der Waals surface area contributed by atoms with Gasteiger partial charge in [0.25, 0.3) is 0 Å². The summed E-state index contributed by atoms with van der Waals surface area (Å²) in [4.78, 5) is 0. The van der Waals surface area contributed by atoms with Crippen LogP contribution in [-0.2, 0) is 0 Å². The lowest BCUT2D eigenvalue weighted by atomic mass is 10.2. The summed E-state index contributed by atoms with van der Waals surface area (Å²) in [6.45, 7) is 2.95. The van der Waals surface area contributed by atoms with Gasteiger partial charge < -0.3 is 10.5 Å². The highest BCUT2D eigenvalue weighted by Crippen LogP contribution is 2.13. The second-order valence-corrected chi connectivity index (χ2v) is 4.20. The van der Waals surface area contributed by atoms with Crippen LogP contribution in [0.4, 0.5) is 0 Å². The molecule has 0 atom stereocenters. The van der Waals surface area contributed by atoms with E-state index in [2.05, 4.69) is 6.92 Å². The third-order valence-corrected chi connectivity index (χ3v) is 2.66. The van der Waals surface area contributed by atoms with Crippen LogP contribution in [-0.4, -0.2) is 12.4 Å². The summed E-state index contributed by atoms with van der Waals surface area (Å²) in [5, 5.41) is 7.34. The van der Waals surface area contributed by atoms with Crippen molar-refractivity contribution in [2.45, 2.75) is 39.0 Å². The first-order chi connectivity index (χ1) is 8.24. The summed E-state index contributed by atoms with van der Waals surface area (Å²) >= 11 is 0. The minimum atomic E-state index is 0.0818. The van der Waals surface area contributed by atoms with Crippen LogP contribution in [0.1, 0.15) is 44.6 Å². The maximum Gasteiger partial charge on any atom is 0.122 e. The second-order valence-electron chi connectivity index (χ2n) is 4.20. The molecular formula is C14H22N2O. The summed E-state index contributed by atoms with van der Waals surface area (Å²) in [6, 6.07) is 7.40. The lowest BCUT2D eigenvalue weighted by molar-refractivity contribution is 0.304. The standard InChI is InChI=1S/C14H22N2O/c1-2-3-4-5-6-10-17-13-9-7-8-12(11-13)14(15)16/h7-9,11H,2-6,10H2,1H3,(H3,15,16). The highest BCUT2D eigenvalue weighted by Gasteiger charge is 1.99. The van der Waals surface area contributed by atoms with E-state index in [1.807, 2.05) is 24.3 Å². The average molecular weight is 234 g/mol. The molecule has 0 saturated heterocycles. The van der Waals surface area contributed by atoms with Gasteiger partial charge in [-0.05, 0) is 18.6 Å². The van der Waals surface area contributed by atoms with E-state index >= 15 is 0 Å². The molecule has 0 fully saturated rings. The molecule has 0 aliphatic carbocycles. The van der Waals surface area contributed by atoms with Crippen molar-refractivity contribution in [1.29, 1.82) is 5.41 Å². The van der Waals surface area contributed by atoms with Crippen LogP contribution < -0.4 is 10.5 Å². The average Bonchev–Trinajstić information content (AvgIpc) is 2.34. The van der Waals surface area contributed by atoms with Gasteiger partial charge in [-0.25, -0.2) is 0 Å². The molecule has 94 valence electrons. The zero-order valence-corrected chi connectivity index (χ0v) is 10.5. The van der Waals surface area contributed by atoms with Gasteiger partial charge in [-0.2, -0.15) is 0 Å². The van der Waals surface area contributed by atoms with Gasteiger partial charge in [0.15, 0.2) is 0 Å². The Morgan fingerprint density at radius 2 is 2.00 bits per heavy atom. The van der Waals surface area contributed by atoms with E-state index in [1.54, 1.807) is 0 Å². The zero-order chi connectivity index (χ0) is 12.5. The van der Waals surface area contributed by atoms with Gasteiger partial charge in [0.2, 0.25) is 0 Å². The monoisotopic (exact) mass is 234 g/mol. The van der Waals surface area contributed by atoms with Gasteiger partial charge in [0.1, 0.15) is 11.6 Å². The molecule has 17 heavy (non-hydrogen) atoms. The Hall–Kier alpha value is -1.51. The summed E-state index contributed by atoms with van der Waals surface area (Å²) in [7, 11) is 0. The van der Waals surface area contributed by atoms with Crippen LogP contribution in [0.25, 0.3) is 0 Å². The van der Waals surface area contributed by atoms with Gasteiger partial charge in [-0.1, -0.05) is 44.7 Å². The Kier molecular flexibility index (Phi) is 6.15. The van der Waals surface area contributed by atoms with E-state index in [0.29, 0.717) is 5.56 Å². The van der Waals surface area contributed by atoms with Crippen LogP contribution in [0.2, 0.25) is 0 Å². The van der Waals surface area contributed by atoms with Crippen LogP contribution in [0.3, 0.4) is 0 Å². The van der Waals surface area contributed by atoms with E-state index in [9.17, 15) is 0 Å². The molecule has 1 aromatic rings. The topological polar surface area (TPSA) is 59.1 Å². The third kappa shape index (κ3) is 5.38. The highest BCUT2D eigenvalue weighted by atomic mass is 16.5. The molecule has 1 aromatic carbocycles. The van der Waals surface area contributed by atoms with E-state index in [-0.39, 0.29) is 5.84 Å². The van der Waals surface area contributed by atoms with Crippen molar-refractivity contribution in [3.05, 3.63) is 29.8 Å². The SMILES string of the molecule is CCCCCCCOc1cccc(C(=N)N)c1. The molecule has 0 aliphatic heterocycles. The van der Waals surface area contributed by atoms with Crippen LogP contribution >= 0.6 is 0 Å². The fraction of sp³-hybridized carbons (Fsp3) is 0.500. The van der Waals surface area contributed by atoms with Crippen molar-refractivity contribution in [3.63, 3.8) is 0 Å². The Labute approximate surface area is 103 Å². The number of hydrogen-bond donors (Lipinski definition) is 2. The zero-order valence-electron chi connectivity index (χ0n) is 10.5. The van der Waals surface area contributed by atoms with Crippen LogP contribution in [0.5, 0.6) is 5.75 Å². The van der Waals surface area contributed by atoms with E-state index < -0.39 is 0 Å². The summed E-state index contributed by atoms with van der Waals surface area (Å²) in [6.07, 6.45) is 6.17. The number of unbranched alkanes of at least 4 members (excludes halogenated alkanes) is 4. The Morgan fingerprint density at radius 3 is 2.71 bits per heavy atom. The van der Waals surface area contributed by atoms with E-state index in [0.717, 1.165) is 18.8 Å². The van der Waals surface area contributed by atoms with Crippen molar-refractivity contribution in [2.24, 2.45) is 5.73 Å². The molecule has 0 amide bonds. The maximum atomic E-state index is 7.34. The van der Waals surface area contributed by atoms with Crippen LogP contribution in [0, 0.1) is 5.41 Å². The fourth-order valence-corrected chi connectivity index (χ4v) is 1.65. The number of amidine groups is 1. The smallest absolute Gasteiger partial charge is 0.122 e. The number of benzene rings is 1. The first kappa shape index (κ1) is 13.6. The van der Waals surface area contributed by atoms with Gasteiger partial charge >= 0.3 is 0 Å². The van der Waals surface area contributed by atoms with Crippen LogP contribution in [0.15, 0.2) is 24.3 Å². The number of nitrogens with one attached hydrogen (secondary N) is 1. The first-order valence-corrected chi connectivity index (χ1v) is 6.31. The molecule has 0 spiro atoms. The third-order valence-electron chi connectivity index (χ3n) is 2.66. The van der Waals surface area contributed by atoms with Crippen molar-refractivity contribution in [3.8, 4) is 5.75 Å². The molecule has 0 aromatic heterocycles. The Balaban J connectivity index is 2.27. The number of ether oxygens (including phenoxy) is 1. The van der Waals surface area contributed by atoms with Gasteiger partial charge in [-0.15, -0.1) is 0 Å².